The number of sulfonamides is 1. The van der Waals surface area contributed by atoms with Crippen LogP contribution in [0.5, 0.6) is 11.5 Å². The number of hydrogen-bond donors (Lipinski definition) is 4. The van der Waals surface area contributed by atoms with Crippen molar-refractivity contribution in [1.82, 2.24) is 14.7 Å². The first-order valence-electron chi connectivity index (χ1n) is 11.9. The molecule has 0 aliphatic rings. The second-order valence-electron chi connectivity index (χ2n) is 8.19. The molecular formula is C27H29N7O4S. The third kappa shape index (κ3) is 7.00. The standard InChI is InChI=1S/C27H29N7O4S/c1-18(19-10-13-22(14-11-19)39(35,36)28-2)33-34-26-17-25(29-21-12-15-23(37-3)24(16-21)38-4)31-27(32-26)30-20-8-6-5-7-9-20/h5-17,28H,1-4H3,(H3,29,30,31,32,34). The van der Waals surface area contributed by atoms with Crippen molar-refractivity contribution in [3.05, 3.63) is 84.4 Å². The summed E-state index contributed by atoms with van der Waals surface area (Å²) in [5.41, 5.74) is 5.91. The minimum absolute atomic E-state index is 0.174. The highest BCUT2D eigenvalue weighted by Crippen LogP contribution is 2.31. The van der Waals surface area contributed by atoms with Crippen LogP contribution in [0.15, 0.2) is 88.9 Å². The van der Waals surface area contributed by atoms with E-state index in [4.69, 9.17) is 9.47 Å². The molecule has 0 saturated carbocycles. The summed E-state index contributed by atoms with van der Waals surface area (Å²) in [6.07, 6.45) is 0. The van der Waals surface area contributed by atoms with Crippen LogP contribution < -0.4 is 30.3 Å². The fraction of sp³-hybridized carbons (Fsp3) is 0.148. The minimum atomic E-state index is -3.52. The number of nitrogens with one attached hydrogen (secondary N) is 4. The van der Waals surface area contributed by atoms with Crippen LogP contribution in [0.4, 0.5) is 29.0 Å². The summed E-state index contributed by atoms with van der Waals surface area (Å²) in [6, 6.07) is 23.2. The molecule has 0 amide bonds. The second kappa shape index (κ2) is 12.2. The van der Waals surface area contributed by atoms with Gasteiger partial charge in [-0.05, 0) is 55.9 Å². The Morgan fingerprint density at radius 3 is 2.15 bits per heavy atom. The number of para-hydroxylation sites is 1. The molecule has 0 spiro atoms. The first-order chi connectivity index (χ1) is 18.8. The molecule has 0 radical (unpaired) electrons. The van der Waals surface area contributed by atoms with Gasteiger partial charge in [-0.25, -0.2) is 13.1 Å². The van der Waals surface area contributed by atoms with Crippen LogP contribution in [-0.4, -0.2) is 45.4 Å². The van der Waals surface area contributed by atoms with Gasteiger partial charge in [0.05, 0.1) is 24.8 Å². The highest BCUT2D eigenvalue weighted by molar-refractivity contribution is 7.89. The SMILES string of the molecule is CNS(=O)(=O)c1ccc(C(C)=NNc2cc(Nc3ccc(OC)c(OC)c3)nc(Nc3ccccc3)n2)cc1. The number of nitrogens with zero attached hydrogens (tertiary/aromatic N) is 3. The molecule has 0 unspecified atom stereocenters. The van der Waals surface area contributed by atoms with Crippen LogP contribution in [0, 0.1) is 0 Å². The van der Waals surface area contributed by atoms with Gasteiger partial charge >= 0.3 is 0 Å². The predicted octanol–water partition coefficient (Wildman–Crippen LogP) is 4.73. The van der Waals surface area contributed by atoms with Gasteiger partial charge in [0.2, 0.25) is 16.0 Å². The number of rotatable bonds is 11. The number of methoxy groups -OCH3 is 2. The molecule has 0 aliphatic carbocycles. The van der Waals surface area contributed by atoms with Crippen molar-refractivity contribution in [2.24, 2.45) is 5.10 Å². The molecule has 0 fully saturated rings. The molecule has 0 bridgehead atoms. The fourth-order valence-electron chi connectivity index (χ4n) is 3.54. The molecule has 0 saturated heterocycles. The maximum atomic E-state index is 12.0. The highest BCUT2D eigenvalue weighted by Gasteiger charge is 2.12. The average Bonchev–Trinajstić information content (AvgIpc) is 2.96. The van der Waals surface area contributed by atoms with Crippen LogP contribution in [0.1, 0.15) is 12.5 Å². The Labute approximate surface area is 227 Å². The van der Waals surface area contributed by atoms with Gasteiger partial charge in [-0.3, -0.25) is 5.43 Å². The highest BCUT2D eigenvalue weighted by atomic mass is 32.2. The molecular weight excluding hydrogens is 518 g/mol. The summed E-state index contributed by atoms with van der Waals surface area (Å²) >= 11 is 0. The maximum Gasteiger partial charge on any atom is 0.240 e. The number of hydrazone groups is 1. The lowest BCUT2D eigenvalue weighted by atomic mass is 10.1. The third-order valence-electron chi connectivity index (χ3n) is 5.60. The maximum absolute atomic E-state index is 12.0. The van der Waals surface area contributed by atoms with E-state index >= 15 is 0 Å². The number of aromatic nitrogens is 2. The van der Waals surface area contributed by atoms with E-state index in [1.54, 1.807) is 44.6 Å². The van der Waals surface area contributed by atoms with E-state index in [9.17, 15) is 8.42 Å². The molecule has 4 aromatic rings. The van der Waals surface area contributed by atoms with Crippen molar-refractivity contribution in [3.63, 3.8) is 0 Å². The molecule has 3 aromatic carbocycles. The van der Waals surface area contributed by atoms with E-state index in [0.717, 1.165) is 16.9 Å². The van der Waals surface area contributed by atoms with Gasteiger partial charge < -0.3 is 20.1 Å². The van der Waals surface area contributed by atoms with Crippen LogP contribution in [-0.2, 0) is 10.0 Å². The van der Waals surface area contributed by atoms with E-state index in [-0.39, 0.29) is 4.90 Å². The molecule has 0 aliphatic heterocycles. The van der Waals surface area contributed by atoms with E-state index in [2.05, 4.69) is 35.9 Å². The third-order valence-corrected chi connectivity index (χ3v) is 7.03. The lowest BCUT2D eigenvalue weighted by Gasteiger charge is -2.13. The lowest BCUT2D eigenvalue weighted by molar-refractivity contribution is 0.355. The smallest absolute Gasteiger partial charge is 0.240 e. The first kappa shape index (κ1) is 27.4. The van der Waals surface area contributed by atoms with Crippen molar-refractivity contribution in [3.8, 4) is 11.5 Å². The molecule has 4 rings (SSSR count). The molecule has 12 heteroatoms. The normalized spacial score (nSPS) is 11.5. The van der Waals surface area contributed by atoms with Gasteiger partial charge in [0, 0.05) is 23.5 Å². The van der Waals surface area contributed by atoms with Gasteiger partial charge in [0.15, 0.2) is 17.3 Å². The van der Waals surface area contributed by atoms with E-state index in [1.165, 1.54) is 19.2 Å². The lowest BCUT2D eigenvalue weighted by Crippen LogP contribution is -2.18. The zero-order valence-corrected chi connectivity index (χ0v) is 22.7. The predicted molar refractivity (Wildman–Crippen MR) is 153 cm³/mol. The van der Waals surface area contributed by atoms with Gasteiger partial charge in [-0.15, -0.1) is 0 Å². The number of hydrogen-bond acceptors (Lipinski definition) is 10. The van der Waals surface area contributed by atoms with Crippen molar-refractivity contribution in [1.29, 1.82) is 0 Å². The molecule has 1 aromatic heterocycles. The molecule has 0 atom stereocenters. The van der Waals surface area contributed by atoms with Gasteiger partial charge in [0.1, 0.15) is 5.82 Å². The van der Waals surface area contributed by atoms with E-state index < -0.39 is 10.0 Å². The number of ether oxygens (including phenoxy) is 2. The zero-order chi connectivity index (χ0) is 27.8. The van der Waals surface area contributed by atoms with Crippen molar-refractivity contribution in [2.75, 3.05) is 37.3 Å². The Morgan fingerprint density at radius 1 is 0.795 bits per heavy atom. The molecule has 11 nitrogen and oxygen atoms in total. The summed E-state index contributed by atoms with van der Waals surface area (Å²) in [5.74, 6) is 2.48. The quantitative estimate of drug-likeness (QED) is 0.155. The second-order valence-corrected chi connectivity index (χ2v) is 10.1. The molecule has 1 heterocycles. The Bertz CT molecular complexity index is 1560. The van der Waals surface area contributed by atoms with E-state index in [1.807, 2.05) is 43.3 Å². The molecule has 202 valence electrons. The topological polar surface area (TPSA) is 139 Å². The van der Waals surface area contributed by atoms with Crippen molar-refractivity contribution < 1.29 is 17.9 Å². The number of anilines is 5. The summed E-state index contributed by atoms with van der Waals surface area (Å²) in [4.78, 5) is 9.31. The van der Waals surface area contributed by atoms with Gasteiger partial charge in [-0.2, -0.15) is 15.1 Å². The van der Waals surface area contributed by atoms with Crippen molar-refractivity contribution in [2.45, 2.75) is 11.8 Å². The molecule has 39 heavy (non-hydrogen) atoms. The Hall–Kier alpha value is -4.68. The Morgan fingerprint density at radius 2 is 1.49 bits per heavy atom. The van der Waals surface area contributed by atoms with Gasteiger partial charge in [0.25, 0.3) is 0 Å². The van der Waals surface area contributed by atoms with Gasteiger partial charge in [-0.1, -0.05) is 30.3 Å². The van der Waals surface area contributed by atoms with Crippen LogP contribution >= 0.6 is 0 Å². The largest absolute Gasteiger partial charge is 0.493 e. The summed E-state index contributed by atoms with van der Waals surface area (Å²) in [6.45, 7) is 1.81. The molecule has 4 N–H and O–H groups in total. The summed E-state index contributed by atoms with van der Waals surface area (Å²) in [5, 5.41) is 10.9. The zero-order valence-electron chi connectivity index (χ0n) is 21.9. The summed E-state index contributed by atoms with van der Waals surface area (Å²) < 4.78 is 37.0. The average molecular weight is 548 g/mol. The van der Waals surface area contributed by atoms with E-state index in [0.29, 0.717) is 34.8 Å². The number of benzene rings is 3. The summed E-state index contributed by atoms with van der Waals surface area (Å²) in [7, 11) is 1.01. The van der Waals surface area contributed by atoms with Crippen LogP contribution in [0.2, 0.25) is 0 Å². The first-order valence-corrected chi connectivity index (χ1v) is 13.3. The monoisotopic (exact) mass is 547 g/mol. The Balaban J connectivity index is 1.61. The Kier molecular flexibility index (Phi) is 8.59. The van der Waals surface area contributed by atoms with Crippen molar-refractivity contribution >= 4 is 44.7 Å². The van der Waals surface area contributed by atoms with Crippen LogP contribution in [0.25, 0.3) is 0 Å². The fourth-order valence-corrected chi connectivity index (χ4v) is 4.27. The minimum Gasteiger partial charge on any atom is -0.493 e. The van der Waals surface area contributed by atoms with Crippen LogP contribution in [0.3, 0.4) is 0 Å².